The van der Waals surface area contributed by atoms with Crippen LogP contribution in [0.2, 0.25) is 0 Å². The molecule has 2 rings (SSSR count). The predicted octanol–water partition coefficient (Wildman–Crippen LogP) is 4.60. The van der Waals surface area contributed by atoms with Crippen LogP contribution in [0.3, 0.4) is 0 Å². The number of anilines is 1. The van der Waals surface area contributed by atoms with Crippen molar-refractivity contribution in [2.75, 3.05) is 5.32 Å². The van der Waals surface area contributed by atoms with E-state index in [0.717, 1.165) is 18.0 Å². The maximum absolute atomic E-state index is 12.4. The summed E-state index contributed by atoms with van der Waals surface area (Å²) in [5, 5.41) is 3.41. The van der Waals surface area contributed by atoms with Gasteiger partial charge < -0.3 is 5.32 Å². The quantitative estimate of drug-likeness (QED) is 0.747. The minimum atomic E-state index is -2.36. The first-order valence-corrected chi connectivity index (χ1v) is 6.89. The Bertz CT molecular complexity index is 366. The molecule has 0 radical (unpaired) electrons. The number of benzene rings is 1. The standard InChI is InChI=1S/C13H17F2NS/c1-2-10(9-7-8-9)16-11-5-3-4-6-12(11)17-13(14)15/h3-6,9-10,13,16H,2,7-8H2,1H3. The summed E-state index contributed by atoms with van der Waals surface area (Å²) in [6.45, 7) is 2.14. The number of alkyl halides is 2. The molecular weight excluding hydrogens is 240 g/mol. The number of hydrogen-bond donors (Lipinski definition) is 1. The normalized spacial score (nSPS) is 17.2. The lowest BCUT2D eigenvalue weighted by atomic mass is 10.1. The molecule has 0 spiro atoms. The summed E-state index contributed by atoms with van der Waals surface area (Å²) in [5.41, 5.74) is 0.844. The van der Waals surface area contributed by atoms with Crippen molar-refractivity contribution in [1.82, 2.24) is 0 Å². The van der Waals surface area contributed by atoms with Crippen molar-refractivity contribution in [1.29, 1.82) is 0 Å². The molecule has 1 unspecified atom stereocenters. The van der Waals surface area contributed by atoms with E-state index in [1.165, 1.54) is 12.8 Å². The highest BCUT2D eigenvalue weighted by molar-refractivity contribution is 7.99. The summed E-state index contributed by atoms with van der Waals surface area (Å²) in [4.78, 5) is 0.640. The maximum Gasteiger partial charge on any atom is 0.288 e. The maximum atomic E-state index is 12.4. The summed E-state index contributed by atoms with van der Waals surface area (Å²) in [6.07, 6.45) is 3.56. The van der Waals surface area contributed by atoms with Gasteiger partial charge in [-0.2, -0.15) is 8.78 Å². The minimum absolute atomic E-state index is 0.425. The Morgan fingerprint density at radius 2 is 2.06 bits per heavy atom. The van der Waals surface area contributed by atoms with Gasteiger partial charge >= 0.3 is 0 Å². The average molecular weight is 257 g/mol. The Morgan fingerprint density at radius 1 is 1.35 bits per heavy atom. The van der Waals surface area contributed by atoms with Gasteiger partial charge in [0, 0.05) is 16.6 Å². The summed E-state index contributed by atoms with van der Waals surface area (Å²) in [5.74, 6) is -1.64. The Morgan fingerprint density at radius 3 is 2.65 bits per heavy atom. The molecule has 94 valence electrons. The Kier molecular flexibility index (Phi) is 4.26. The monoisotopic (exact) mass is 257 g/mol. The lowest BCUT2D eigenvalue weighted by Gasteiger charge is -2.19. The highest BCUT2D eigenvalue weighted by Crippen LogP contribution is 2.38. The fraction of sp³-hybridized carbons (Fsp3) is 0.538. The van der Waals surface area contributed by atoms with Crippen molar-refractivity contribution >= 4 is 17.4 Å². The predicted molar refractivity (Wildman–Crippen MR) is 68.7 cm³/mol. The van der Waals surface area contributed by atoms with Gasteiger partial charge in [-0.05, 0) is 37.3 Å². The molecule has 1 aliphatic carbocycles. The molecule has 0 heterocycles. The summed E-state index contributed by atoms with van der Waals surface area (Å²) in [7, 11) is 0. The first-order valence-electron chi connectivity index (χ1n) is 6.01. The highest BCUT2D eigenvalue weighted by Gasteiger charge is 2.30. The van der Waals surface area contributed by atoms with Gasteiger partial charge in [0.1, 0.15) is 0 Å². The van der Waals surface area contributed by atoms with Gasteiger partial charge in [-0.1, -0.05) is 30.8 Å². The van der Waals surface area contributed by atoms with E-state index in [2.05, 4.69) is 12.2 Å². The van der Waals surface area contributed by atoms with E-state index in [1.807, 2.05) is 12.1 Å². The van der Waals surface area contributed by atoms with Gasteiger partial charge in [-0.3, -0.25) is 0 Å². The van der Waals surface area contributed by atoms with E-state index in [1.54, 1.807) is 12.1 Å². The zero-order valence-corrected chi connectivity index (χ0v) is 10.6. The second kappa shape index (κ2) is 5.71. The fourth-order valence-corrected chi connectivity index (χ4v) is 2.64. The van der Waals surface area contributed by atoms with Gasteiger partial charge in [0.2, 0.25) is 0 Å². The third-order valence-electron chi connectivity index (χ3n) is 3.07. The molecule has 1 fully saturated rings. The Hall–Kier alpha value is -0.770. The topological polar surface area (TPSA) is 12.0 Å². The molecule has 0 saturated heterocycles. The third kappa shape index (κ3) is 3.60. The van der Waals surface area contributed by atoms with Crippen LogP contribution in [-0.4, -0.2) is 11.8 Å². The second-order valence-corrected chi connectivity index (χ2v) is 5.40. The van der Waals surface area contributed by atoms with Gasteiger partial charge in [-0.25, -0.2) is 0 Å². The van der Waals surface area contributed by atoms with Crippen LogP contribution in [0, 0.1) is 5.92 Å². The Balaban J connectivity index is 2.07. The van der Waals surface area contributed by atoms with Crippen LogP contribution in [0.5, 0.6) is 0 Å². The molecule has 4 heteroatoms. The second-order valence-electron chi connectivity index (χ2n) is 4.37. The van der Waals surface area contributed by atoms with Crippen LogP contribution in [0.1, 0.15) is 26.2 Å². The van der Waals surface area contributed by atoms with E-state index in [0.29, 0.717) is 22.7 Å². The van der Waals surface area contributed by atoms with Crippen molar-refractivity contribution in [2.24, 2.45) is 5.92 Å². The number of rotatable bonds is 6. The lowest BCUT2D eigenvalue weighted by molar-refractivity contribution is 0.252. The lowest BCUT2D eigenvalue weighted by Crippen LogP contribution is -2.21. The highest BCUT2D eigenvalue weighted by atomic mass is 32.2. The van der Waals surface area contributed by atoms with Crippen LogP contribution in [-0.2, 0) is 0 Å². The third-order valence-corrected chi connectivity index (χ3v) is 3.86. The molecule has 0 aliphatic heterocycles. The number of para-hydroxylation sites is 1. The van der Waals surface area contributed by atoms with E-state index >= 15 is 0 Å². The van der Waals surface area contributed by atoms with Crippen LogP contribution < -0.4 is 5.32 Å². The largest absolute Gasteiger partial charge is 0.381 e. The van der Waals surface area contributed by atoms with Gasteiger partial charge in [0.15, 0.2) is 0 Å². The van der Waals surface area contributed by atoms with Crippen molar-refractivity contribution in [3.05, 3.63) is 24.3 Å². The van der Waals surface area contributed by atoms with Gasteiger partial charge in [0.05, 0.1) is 0 Å². The van der Waals surface area contributed by atoms with Crippen LogP contribution in [0.15, 0.2) is 29.2 Å². The fourth-order valence-electron chi connectivity index (χ4n) is 2.04. The smallest absolute Gasteiger partial charge is 0.288 e. The van der Waals surface area contributed by atoms with E-state index in [4.69, 9.17) is 0 Å². The molecule has 17 heavy (non-hydrogen) atoms. The van der Waals surface area contributed by atoms with Crippen molar-refractivity contribution in [2.45, 2.75) is 42.9 Å². The summed E-state index contributed by atoms with van der Waals surface area (Å²) in [6, 6.07) is 7.74. The Labute approximate surface area is 105 Å². The van der Waals surface area contributed by atoms with Gasteiger partial charge in [0.25, 0.3) is 5.76 Å². The molecule has 1 atom stereocenters. The molecule has 1 nitrogen and oxygen atoms in total. The molecular formula is C13H17F2NS. The number of halogens is 2. The first-order chi connectivity index (χ1) is 8.20. The molecule has 0 bridgehead atoms. The zero-order chi connectivity index (χ0) is 12.3. The first kappa shape index (κ1) is 12.7. The van der Waals surface area contributed by atoms with E-state index in [-0.39, 0.29) is 0 Å². The molecule has 1 N–H and O–H groups in total. The molecule has 1 saturated carbocycles. The number of nitrogens with one attached hydrogen (secondary N) is 1. The van der Waals surface area contributed by atoms with Gasteiger partial charge in [-0.15, -0.1) is 0 Å². The molecule has 1 aliphatic rings. The molecule has 1 aromatic carbocycles. The van der Waals surface area contributed by atoms with E-state index in [9.17, 15) is 8.78 Å². The number of hydrogen-bond acceptors (Lipinski definition) is 2. The van der Waals surface area contributed by atoms with Crippen molar-refractivity contribution < 1.29 is 8.78 Å². The average Bonchev–Trinajstić information content (AvgIpc) is 3.11. The summed E-state index contributed by atoms with van der Waals surface area (Å²) >= 11 is 0.614. The van der Waals surface area contributed by atoms with Crippen molar-refractivity contribution in [3.8, 4) is 0 Å². The molecule has 1 aromatic rings. The van der Waals surface area contributed by atoms with Crippen LogP contribution >= 0.6 is 11.8 Å². The minimum Gasteiger partial charge on any atom is -0.381 e. The zero-order valence-electron chi connectivity index (χ0n) is 9.83. The number of thioether (sulfide) groups is 1. The van der Waals surface area contributed by atoms with Crippen molar-refractivity contribution in [3.63, 3.8) is 0 Å². The summed E-state index contributed by atoms with van der Waals surface area (Å²) < 4.78 is 24.9. The van der Waals surface area contributed by atoms with Crippen LogP contribution in [0.4, 0.5) is 14.5 Å². The molecule has 0 amide bonds. The SMILES string of the molecule is CCC(Nc1ccccc1SC(F)F)C1CC1. The van der Waals surface area contributed by atoms with E-state index < -0.39 is 5.76 Å². The van der Waals surface area contributed by atoms with Crippen LogP contribution in [0.25, 0.3) is 0 Å². The molecule has 0 aromatic heterocycles.